The molecule has 6 nitrogen and oxygen atoms in total. The van der Waals surface area contributed by atoms with E-state index >= 15 is 0 Å². The van der Waals surface area contributed by atoms with Gasteiger partial charge in [-0.3, -0.25) is 14.3 Å². The maximum Gasteiger partial charge on any atom is 0.227 e. The van der Waals surface area contributed by atoms with Crippen LogP contribution in [0.25, 0.3) is 0 Å². The molecular weight excluding hydrogens is 316 g/mol. The number of carbonyl (C=O) groups excluding carboxylic acids is 2. The number of amides is 2. The zero-order valence-corrected chi connectivity index (χ0v) is 14.9. The van der Waals surface area contributed by atoms with Gasteiger partial charge in [0, 0.05) is 37.1 Å². The fraction of sp³-hybridized carbons (Fsp3) is 0.421. The summed E-state index contributed by atoms with van der Waals surface area (Å²) in [6.07, 6.45) is 3.84. The molecule has 6 heteroatoms. The Balaban J connectivity index is 1.63. The van der Waals surface area contributed by atoms with E-state index in [-0.39, 0.29) is 30.2 Å². The van der Waals surface area contributed by atoms with Gasteiger partial charge in [-0.2, -0.15) is 5.10 Å². The van der Waals surface area contributed by atoms with Gasteiger partial charge in [0.25, 0.3) is 0 Å². The smallest absolute Gasteiger partial charge is 0.227 e. The van der Waals surface area contributed by atoms with Crippen molar-refractivity contribution in [3.05, 3.63) is 47.8 Å². The van der Waals surface area contributed by atoms with Gasteiger partial charge in [0.15, 0.2) is 0 Å². The van der Waals surface area contributed by atoms with Gasteiger partial charge in [-0.15, -0.1) is 0 Å². The number of benzene rings is 1. The topological polar surface area (TPSA) is 67.2 Å². The Bertz CT molecular complexity index is 770. The number of aryl methyl sites for hydroxylation is 1. The Morgan fingerprint density at radius 3 is 2.88 bits per heavy atom. The third-order valence-electron chi connectivity index (χ3n) is 4.77. The van der Waals surface area contributed by atoms with Gasteiger partial charge in [0.05, 0.1) is 12.5 Å². The lowest BCUT2D eigenvalue weighted by Crippen LogP contribution is -2.40. The fourth-order valence-electron chi connectivity index (χ4n) is 3.24. The Morgan fingerprint density at radius 2 is 2.16 bits per heavy atom. The fourth-order valence-corrected chi connectivity index (χ4v) is 3.24. The quantitative estimate of drug-likeness (QED) is 0.906. The van der Waals surface area contributed by atoms with Crippen LogP contribution in [-0.4, -0.2) is 34.2 Å². The van der Waals surface area contributed by atoms with Crippen molar-refractivity contribution in [3.63, 3.8) is 0 Å². The summed E-state index contributed by atoms with van der Waals surface area (Å²) < 4.78 is 1.78. The Kier molecular flexibility index (Phi) is 4.88. The third-order valence-corrected chi connectivity index (χ3v) is 4.77. The standard InChI is InChI=1S/C19H24N4O2/c1-13-6-4-7-17(15(13)3)23-12-16(10-18(23)24)19(25)21-14(2)11-22-9-5-8-20-22/h4-9,14,16H,10-12H2,1-3H3,(H,21,25)/t14-,16-/m0/s1. The highest BCUT2D eigenvalue weighted by Crippen LogP contribution is 2.29. The van der Waals surface area contributed by atoms with Crippen LogP contribution in [0.4, 0.5) is 5.69 Å². The van der Waals surface area contributed by atoms with E-state index in [1.807, 2.05) is 51.2 Å². The Hall–Kier alpha value is -2.63. The maximum atomic E-state index is 12.5. The molecule has 1 N–H and O–H groups in total. The molecule has 0 bridgehead atoms. The summed E-state index contributed by atoms with van der Waals surface area (Å²) >= 11 is 0. The molecule has 1 fully saturated rings. The van der Waals surface area contributed by atoms with Gasteiger partial charge in [-0.1, -0.05) is 12.1 Å². The SMILES string of the molecule is Cc1cccc(N2C[C@@H](C(=O)N[C@@H](C)Cn3cccn3)CC2=O)c1C. The van der Waals surface area contributed by atoms with E-state index in [1.165, 1.54) is 0 Å². The first-order valence-electron chi connectivity index (χ1n) is 8.60. The van der Waals surface area contributed by atoms with Gasteiger partial charge in [-0.05, 0) is 44.0 Å². The lowest BCUT2D eigenvalue weighted by Gasteiger charge is -2.21. The number of hydrogen-bond donors (Lipinski definition) is 1. The normalized spacial score (nSPS) is 18.4. The van der Waals surface area contributed by atoms with E-state index in [1.54, 1.807) is 15.8 Å². The summed E-state index contributed by atoms with van der Waals surface area (Å²) in [5.41, 5.74) is 3.14. The largest absolute Gasteiger partial charge is 0.351 e. The van der Waals surface area contributed by atoms with Crippen molar-refractivity contribution < 1.29 is 9.59 Å². The van der Waals surface area contributed by atoms with E-state index in [4.69, 9.17) is 0 Å². The van der Waals surface area contributed by atoms with Crippen LogP contribution in [0, 0.1) is 19.8 Å². The minimum Gasteiger partial charge on any atom is -0.351 e. The molecule has 0 saturated carbocycles. The molecule has 0 unspecified atom stereocenters. The summed E-state index contributed by atoms with van der Waals surface area (Å²) in [6, 6.07) is 7.73. The first-order valence-corrected chi connectivity index (χ1v) is 8.60. The summed E-state index contributed by atoms with van der Waals surface area (Å²) in [5, 5.41) is 7.15. The van der Waals surface area contributed by atoms with Crippen molar-refractivity contribution >= 4 is 17.5 Å². The Morgan fingerprint density at radius 1 is 1.36 bits per heavy atom. The van der Waals surface area contributed by atoms with Gasteiger partial charge < -0.3 is 10.2 Å². The van der Waals surface area contributed by atoms with Crippen molar-refractivity contribution in [1.29, 1.82) is 0 Å². The number of carbonyl (C=O) groups is 2. The van der Waals surface area contributed by atoms with E-state index in [9.17, 15) is 9.59 Å². The van der Waals surface area contributed by atoms with Gasteiger partial charge in [-0.25, -0.2) is 0 Å². The molecule has 0 radical (unpaired) electrons. The minimum atomic E-state index is -0.313. The Labute approximate surface area is 147 Å². The van der Waals surface area contributed by atoms with Crippen LogP contribution in [0.15, 0.2) is 36.7 Å². The van der Waals surface area contributed by atoms with Crippen LogP contribution in [-0.2, 0) is 16.1 Å². The van der Waals surface area contributed by atoms with Crippen LogP contribution >= 0.6 is 0 Å². The zero-order chi connectivity index (χ0) is 18.0. The number of anilines is 1. The second-order valence-electron chi connectivity index (χ2n) is 6.76. The van der Waals surface area contributed by atoms with Crippen molar-refractivity contribution in [1.82, 2.24) is 15.1 Å². The second-order valence-corrected chi connectivity index (χ2v) is 6.76. The first-order chi connectivity index (χ1) is 12.0. The highest BCUT2D eigenvalue weighted by atomic mass is 16.2. The van der Waals surface area contributed by atoms with Crippen LogP contribution in [0.5, 0.6) is 0 Å². The van der Waals surface area contributed by atoms with Gasteiger partial charge in [0.2, 0.25) is 11.8 Å². The monoisotopic (exact) mass is 340 g/mol. The molecule has 25 heavy (non-hydrogen) atoms. The lowest BCUT2D eigenvalue weighted by atomic mass is 10.1. The number of aromatic nitrogens is 2. The molecule has 2 heterocycles. The maximum absolute atomic E-state index is 12.5. The van der Waals surface area contributed by atoms with E-state index < -0.39 is 0 Å². The van der Waals surface area contributed by atoms with Crippen LogP contribution in [0.3, 0.4) is 0 Å². The number of nitrogens with zero attached hydrogens (tertiary/aromatic N) is 3. The number of hydrogen-bond acceptors (Lipinski definition) is 3. The van der Waals surface area contributed by atoms with Crippen LogP contribution in [0.1, 0.15) is 24.5 Å². The molecule has 0 spiro atoms. The molecule has 2 atom stereocenters. The summed E-state index contributed by atoms with van der Waals surface area (Å²) in [7, 11) is 0. The molecule has 132 valence electrons. The molecule has 1 aliphatic rings. The van der Waals surface area contributed by atoms with Crippen LogP contribution < -0.4 is 10.2 Å². The zero-order valence-electron chi connectivity index (χ0n) is 14.9. The van der Waals surface area contributed by atoms with Crippen molar-refractivity contribution in [2.75, 3.05) is 11.4 Å². The van der Waals surface area contributed by atoms with Crippen molar-refractivity contribution in [2.45, 2.75) is 39.8 Å². The first kappa shape index (κ1) is 17.2. The molecule has 1 aliphatic heterocycles. The average molecular weight is 340 g/mol. The molecule has 2 amide bonds. The molecule has 0 aliphatic carbocycles. The highest BCUT2D eigenvalue weighted by Gasteiger charge is 2.36. The molecule has 2 aromatic rings. The van der Waals surface area contributed by atoms with E-state index in [0.29, 0.717) is 13.1 Å². The average Bonchev–Trinajstić information content (AvgIpc) is 3.19. The number of nitrogens with one attached hydrogen (secondary N) is 1. The predicted octanol–water partition coefficient (Wildman–Crippen LogP) is 2.06. The summed E-state index contributed by atoms with van der Waals surface area (Å²) in [5.74, 6) is -0.373. The van der Waals surface area contributed by atoms with Crippen LogP contribution in [0.2, 0.25) is 0 Å². The van der Waals surface area contributed by atoms with E-state index in [2.05, 4.69) is 10.4 Å². The highest BCUT2D eigenvalue weighted by molar-refractivity contribution is 6.00. The van der Waals surface area contributed by atoms with Gasteiger partial charge >= 0.3 is 0 Å². The lowest BCUT2D eigenvalue weighted by molar-refractivity contribution is -0.126. The molecular formula is C19H24N4O2. The summed E-state index contributed by atoms with van der Waals surface area (Å²) in [4.78, 5) is 26.7. The van der Waals surface area contributed by atoms with Crippen molar-refractivity contribution in [3.8, 4) is 0 Å². The van der Waals surface area contributed by atoms with Crippen molar-refractivity contribution in [2.24, 2.45) is 5.92 Å². The molecule has 1 aromatic carbocycles. The minimum absolute atomic E-state index is 0.00794. The predicted molar refractivity (Wildman–Crippen MR) is 96.2 cm³/mol. The van der Waals surface area contributed by atoms with Gasteiger partial charge in [0.1, 0.15) is 0 Å². The third kappa shape index (κ3) is 3.73. The molecule has 3 rings (SSSR count). The summed E-state index contributed by atoms with van der Waals surface area (Å²) in [6.45, 7) is 7.03. The second kappa shape index (κ2) is 7.09. The molecule has 1 saturated heterocycles. The van der Waals surface area contributed by atoms with E-state index in [0.717, 1.165) is 16.8 Å². The molecule has 1 aromatic heterocycles. The number of rotatable bonds is 5.